The van der Waals surface area contributed by atoms with Crippen LogP contribution < -0.4 is 0 Å². The molecule has 56 valence electrons. The normalized spacial score (nSPS) is 8.50. The summed E-state index contributed by atoms with van der Waals surface area (Å²) in [4.78, 5) is 13.8. The molecule has 0 aliphatic carbocycles. The molecule has 5 heteroatoms. The minimum absolute atomic E-state index is 0. The van der Waals surface area contributed by atoms with Crippen LogP contribution in [0.15, 0.2) is 12.4 Å². The average Bonchev–Trinajstić information content (AvgIpc) is 2.13. The fourth-order valence-electron chi connectivity index (χ4n) is 0.572. The van der Waals surface area contributed by atoms with Crippen molar-refractivity contribution in [3.8, 4) is 0 Å². The molecule has 3 N–H and O–H groups in total. The quantitative estimate of drug-likeness (QED) is 0.565. The summed E-state index contributed by atoms with van der Waals surface area (Å²) in [5.74, 6) is -0.933. The number of rotatable bonds is 1. The molecule has 10 heavy (non-hydrogen) atoms. The SMILES string of the molecule is Cn1ccnc1C(=O)O.O. The Hall–Kier alpha value is -1.36. The molecule has 0 spiro atoms. The van der Waals surface area contributed by atoms with Crippen molar-refractivity contribution in [2.45, 2.75) is 0 Å². The Balaban J connectivity index is 0.000000810. The second-order valence-corrected chi connectivity index (χ2v) is 1.67. The molecule has 0 aliphatic heterocycles. The molecule has 0 amide bonds. The number of imidazole rings is 1. The molecule has 0 radical (unpaired) electrons. The highest BCUT2D eigenvalue weighted by Crippen LogP contribution is 1.91. The van der Waals surface area contributed by atoms with E-state index in [0.29, 0.717) is 0 Å². The Kier molecular flexibility index (Phi) is 2.57. The third-order valence-corrected chi connectivity index (χ3v) is 1.01. The smallest absolute Gasteiger partial charge is 0.372 e. The van der Waals surface area contributed by atoms with Gasteiger partial charge in [0.1, 0.15) is 0 Å². The zero-order valence-electron chi connectivity index (χ0n) is 5.40. The maximum atomic E-state index is 10.2. The molecule has 5 nitrogen and oxygen atoms in total. The second kappa shape index (κ2) is 2.98. The van der Waals surface area contributed by atoms with Crippen molar-refractivity contribution in [3.63, 3.8) is 0 Å². The number of aromatic nitrogens is 2. The summed E-state index contributed by atoms with van der Waals surface area (Å²) in [5.41, 5.74) is 0. The number of hydrogen-bond acceptors (Lipinski definition) is 2. The average molecular weight is 144 g/mol. The van der Waals surface area contributed by atoms with Gasteiger partial charge in [-0.2, -0.15) is 0 Å². The monoisotopic (exact) mass is 144 g/mol. The highest BCUT2D eigenvalue weighted by Gasteiger charge is 2.05. The lowest BCUT2D eigenvalue weighted by atomic mass is 10.6. The third-order valence-electron chi connectivity index (χ3n) is 1.01. The van der Waals surface area contributed by atoms with Gasteiger partial charge in [-0.3, -0.25) is 0 Å². The van der Waals surface area contributed by atoms with Crippen LogP contribution in [-0.4, -0.2) is 26.1 Å². The van der Waals surface area contributed by atoms with Crippen LogP contribution in [0.25, 0.3) is 0 Å². The Morgan fingerprint density at radius 2 is 2.40 bits per heavy atom. The van der Waals surface area contributed by atoms with Crippen molar-refractivity contribution in [1.29, 1.82) is 0 Å². The van der Waals surface area contributed by atoms with Gasteiger partial charge in [-0.25, -0.2) is 9.78 Å². The van der Waals surface area contributed by atoms with Crippen LogP contribution in [0.1, 0.15) is 10.6 Å². The lowest BCUT2D eigenvalue weighted by molar-refractivity contribution is 0.0680. The number of aromatic carboxylic acids is 1. The zero-order chi connectivity index (χ0) is 6.85. The number of hydrogen-bond donors (Lipinski definition) is 1. The summed E-state index contributed by atoms with van der Waals surface area (Å²) in [5, 5.41) is 8.37. The Morgan fingerprint density at radius 1 is 1.80 bits per heavy atom. The second-order valence-electron chi connectivity index (χ2n) is 1.67. The van der Waals surface area contributed by atoms with Gasteiger partial charge in [-0.15, -0.1) is 0 Å². The van der Waals surface area contributed by atoms with Gasteiger partial charge in [0.25, 0.3) is 0 Å². The van der Waals surface area contributed by atoms with Gasteiger partial charge in [-0.05, 0) is 0 Å². The van der Waals surface area contributed by atoms with Crippen LogP contribution in [0.5, 0.6) is 0 Å². The summed E-state index contributed by atoms with van der Waals surface area (Å²) in [6.45, 7) is 0. The van der Waals surface area contributed by atoms with E-state index in [9.17, 15) is 4.79 Å². The summed E-state index contributed by atoms with van der Waals surface area (Å²) < 4.78 is 1.45. The van der Waals surface area contributed by atoms with E-state index in [1.165, 1.54) is 10.8 Å². The molecule has 0 bridgehead atoms. The van der Waals surface area contributed by atoms with E-state index in [4.69, 9.17) is 5.11 Å². The summed E-state index contributed by atoms with van der Waals surface area (Å²) in [6, 6.07) is 0. The minimum atomic E-state index is -0.998. The number of carboxylic acid groups (broad SMARTS) is 1. The molecule has 0 atom stereocenters. The van der Waals surface area contributed by atoms with Crippen molar-refractivity contribution >= 4 is 5.97 Å². The van der Waals surface area contributed by atoms with Crippen LogP contribution >= 0.6 is 0 Å². The number of carbonyl (C=O) groups is 1. The van der Waals surface area contributed by atoms with Gasteiger partial charge in [0, 0.05) is 19.4 Å². The first-order valence-electron chi connectivity index (χ1n) is 2.42. The van der Waals surface area contributed by atoms with Gasteiger partial charge in [0.15, 0.2) is 0 Å². The number of carboxylic acids is 1. The first-order chi connectivity index (χ1) is 4.22. The topological polar surface area (TPSA) is 86.6 Å². The minimum Gasteiger partial charge on any atom is -0.475 e. The number of nitrogens with zero attached hydrogens (tertiary/aromatic N) is 2. The lowest BCUT2D eigenvalue weighted by Crippen LogP contribution is -2.04. The van der Waals surface area contributed by atoms with Gasteiger partial charge in [0.2, 0.25) is 5.82 Å². The van der Waals surface area contributed by atoms with Crippen LogP contribution in [0, 0.1) is 0 Å². The standard InChI is InChI=1S/C5H6N2O2.H2O/c1-7-3-2-6-4(7)5(8)9;/h2-3H,1H3,(H,8,9);1H2. The molecule has 0 saturated carbocycles. The Bertz CT molecular complexity index is 231. The third kappa shape index (κ3) is 1.32. The maximum absolute atomic E-state index is 10.2. The van der Waals surface area contributed by atoms with Crippen molar-refractivity contribution in [2.75, 3.05) is 0 Å². The van der Waals surface area contributed by atoms with Crippen molar-refractivity contribution in [3.05, 3.63) is 18.2 Å². The molecular formula is C5H8N2O3. The van der Waals surface area contributed by atoms with Crippen LogP contribution in [-0.2, 0) is 7.05 Å². The molecule has 1 aromatic rings. The highest BCUT2D eigenvalue weighted by atomic mass is 16.4. The van der Waals surface area contributed by atoms with Gasteiger partial charge in [-0.1, -0.05) is 0 Å². The van der Waals surface area contributed by atoms with Crippen LogP contribution in [0.3, 0.4) is 0 Å². The number of aryl methyl sites for hydroxylation is 1. The molecule has 0 fully saturated rings. The largest absolute Gasteiger partial charge is 0.475 e. The first-order valence-corrected chi connectivity index (χ1v) is 2.42. The van der Waals surface area contributed by atoms with E-state index in [2.05, 4.69) is 4.98 Å². The molecule has 0 saturated heterocycles. The summed E-state index contributed by atoms with van der Waals surface area (Å²) in [7, 11) is 1.64. The Labute approximate surface area is 57.2 Å². The van der Waals surface area contributed by atoms with E-state index in [1.54, 1.807) is 13.2 Å². The summed E-state index contributed by atoms with van der Waals surface area (Å²) in [6.07, 6.45) is 3.03. The fraction of sp³-hybridized carbons (Fsp3) is 0.200. The van der Waals surface area contributed by atoms with Crippen LogP contribution in [0.4, 0.5) is 0 Å². The highest BCUT2D eigenvalue weighted by molar-refractivity contribution is 5.83. The molecule has 1 heterocycles. The zero-order valence-corrected chi connectivity index (χ0v) is 5.40. The molecule has 0 aromatic carbocycles. The van der Waals surface area contributed by atoms with E-state index < -0.39 is 5.97 Å². The van der Waals surface area contributed by atoms with Crippen molar-refractivity contribution < 1.29 is 15.4 Å². The van der Waals surface area contributed by atoms with E-state index in [0.717, 1.165) is 0 Å². The predicted molar refractivity (Wildman–Crippen MR) is 33.8 cm³/mol. The summed E-state index contributed by atoms with van der Waals surface area (Å²) >= 11 is 0. The van der Waals surface area contributed by atoms with Gasteiger partial charge >= 0.3 is 5.97 Å². The molecule has 1 aromatic heterocycles. The first kappa shape index (κ1) is 8.64. The molecule has 0 unspecified atom stereocenters. The fourth-order valence-corrected chi connectivity index (χ4v) is 0.572. The molecule has 0 aliphatic rings. The van der Waals surface area contributed by atoms with E-state index in [-0.39, 0.29) is 11.3 Å². The lowest BCUT2D eigenvalue weighted by Gasteiger charge is -1.90. The van der Waals surface area contributed by atoms with Crippen molar-refractivity contribution in [2.24, 2.45) is 7.05 Å². The van der Waals surface area contributed by atoms with Gasteiger partial charge in [0.05, 0.1) is 0 Å². The molecular weight excluding hydrogens is 136 g/mol. The predicted octanol–water partition coefficient (Wildman–Crippen LogP) is -0.706. The molecule has 1 rings (SSSR count). The van der Waals surface area contributed by atoms with Gasteiger partial charge < -0.3 is 15.1 Å². The maximum Gasteiger partial charge on any atom is 0.372 e. The van der Waals surface area contributed by atoms with Crippen LogP contribution in [0.2, 0.25) is 0 Å². The van der Waals surface area contributed by atoms with E-state index in [1.807, 2.05) is 0 Å². The Morgan fingerprint density at radius 3 is 2.60 bits per heavy atom. The van der Waals surface area contributed by atoms with E-state index >= 15 is 0 Å². The van der Waals surface area contributed by atoms with Crippen molar-refractivity contribution in [1.82, 2.24) is 9.55 Å².